The van der Waals surface area contributed by atoms with Gasteiger partial charge in [0.25, 0.3) is 0 Å². The molecule has 0 saturated carbocycles. The van der Waals surface area contributed by atoms with Gasteiger partial charge in [-0.15, -0.1) is 0 Å². The predicted octanol–water partition coefficient (Wildman–Crippen LogP) is 4.78. The zero-order valence-corrected chi connectivity index (χ0v) is 15.9. The molecule has 7 heteroatoms. The first-order chi connectivity index (χ1) is 12.5. The monoisotopic (exact) mass is 385 g/mol. The molecule has 0 unspecified atom stereocenters. The van der Waals surface area contributed by atoms with Crippen LogP contribution in [0.1, 0.15) is 15.3 Å². The van der Waals surface area contributed by atoms with Gasteiger partial charge in [0.1, 0.15) is 5.52 Å². The highest BCUT2D eigenvalue weighted by Crippen LogP contribution is 2.30. The average molecular weight is 386 g/mol. The third kappa shape index (κ3) is 2.83. The second-order valence-electron chi connectivity index (χ2n) is 6.28. The normalized spacial score (nSPS) is 12.1. The number of H-pyrrole nitrogens is 1. The highest BCUT2D eigenvalue weighted by Gasteiger charge is 2.19. The van der Waals surface area contributed by atoms with Crippen LogP contribution >= 0.6 is 11.3 Å². The van der Waals surface area contributed by atoms with Gasteiger partial charge in [-0.05, 0) is 48.4 Å². The van der Waals surface area contributed by atoms with E-state index in [1.54, 1.807) is 55.6 Å². The molecule has 0 radical (unpaired) electrons. The molecule has 3 heterocycles. The molecule has 5 nitrogen and oxygen atoms in total. The van der Waals surface area contributed by atoms with Crippen molar-refractivity contribution < 1.29 is 9.84 Å². The predicted molar refractivity (Wildman–Crippen MR) is 107 cm³/mol. The lowest BCUT2D eigenvalue weighted by Crippen LogP contribution is -2.13. The second-order valence-corrected chi connectivity index (χ2v) is 9.57. The van der Waals surface area contributed by atoms with Gasteiger partial charge >= 0.3 is 0 Å². The number of nitrogens with one attached hydrogen (secondary N) is 1. The Hall–Kier alpha value is -2.51. The molecule has 0 fully saturated rings. The maximum absolute atomic E-state index is 12.3. The van der Waals surface area contributed by atoms with E-state index in [0.717, 1.165) is 27.9 Å². The quantitative estimate of drug-likeness (QED) is 0.548. The fourth-order valence-corrected chi connectivity index (χ4v) is 4.47. The molecule has 0 atom stereocenters. The van der Waals surface area contributed by atoms with Crippen molar-refractivity contribution in [1.82, 2.24) is 15.0 Å². The van der Waals surface area contributed by atoms with Crippen molar-refractivity contribution in [2.75, 3.05) is 0 Å². The fraction of sp³-hybridized carbons (Fsp3) is 0.158. The molecule has 1 N–H and O–H groups in total. The third-order valence-electron chi connectivity index (χ3n) is 4.31. The Bertz CT molecular complexity index is 1170. The number of hydrogen-bond donors (Lipinski definition) is 1. The molecule has 0 aliphatic carbocycles. The summed E-state index contributed by atoms with van der Waals surface area (Å²) in [5.74, 6) is 0. The Labute approximate surface area is 157 Å². The number of thiophene rings is 1. The van der Waals surface area contributed by atoms with E-state index in [-0.39, 0.29) is 1.43 Å². The highest BCUT2D eigenvalue weighted by atomic mass is 32.2. The van der Waals surface area contributed by atoms with Crippen LogP contribution in [0.2, 0.25) is 0 Å². The molecule has 1 aromatic carbocycles. The Balaban J connectivity index is 0.00000210. The molecule has 3 aromatic heterocycles. The van der Waals surface area contributed by atoms with Gasteiger partial charge in [0.05, 0.1) is 22.0 Å². The van der Waals surface area contributed by atoms with Crippen LogP contribution in [0.3, 0.4) is 0 Å². The van der Waals surface area contributed by atoms with Crippen LogP contribution in [0.15, 0.2) is 58.4 Å². The van der Waals surface area contributed by atoms with Crippen LogP contribution < -0.4 is 0 Å². The SMILES string of the molecule is CC(C)S(=O)(=O)c1ccc(-c2cnc3[nH]cc(-c4ccsc4)c3n2)cc1.[HH]. The van der Waals surface area contributed by atoms with E-state index in [0.29, 0.717) is 10.6 Å². The Kier molecular flexibility index (Phi) is 4.13. The standard InChI is InChI=1S/C19H17N3O2S2.H2/c1-12(2)26(23,24)15-5-3-13(4-6-15)17-10-21-19-18(22-17)16(9-20-19)14-7-8-25-11-14;/h3-12H,1-2H3,(H,20,21);1H. The lowest BCUT2D eigenvalue weighted by Gasteiger charge is -2.08. The number of hydrogen-bond acceptors (Lipinski definition) is 5. The third-order valence-corrected chi connectivity index (χ3v) is 7.17. The largest absolute Gasteiger partial charge is 0.344 e. The summed E-state index contributed by atoms with van der Waals surface area (Å²) in [7, 11) is -3.28. The number of aromatic amines is 1. The van der Waals surface area contributed by atoms with Crippen LogP contribution in [0, 0.1) is 0 Å². The minimum atomic E-state index is -3.28. The van der Waals surface area contributed by atoms with Gasteiger partial charge in [-0.2, -0.15) is 11.3 Å². The van der Waals surface area contributed by atoms with Crippen LogP contribution in [-0.2, 0) is 9.84 Å². The summed E-state index contributed by atoms with van der Waals surface area (Å²) in [5.41, 5.74) is 5.19. The number of benzene rings is 1. The van der Waals surface area contributed by atoms with E-state index in [9.17, 15) is 8.42 Å². The number of sulfone groups is 1. The van der Waals surface area contributed by atoms with E-state index >= 15 is 0 Å². The van der Waals surface area contributed by atoms with Gasteiger partial charge in [-0.3, -0.25) is 0 Å². The van der Waals surface area contributed by atoms with Crippen LogP contribution in [-0.4, -0.2) is 28.6 Å². The molecule has 0 amide bonds. The number of aromatic nitrogens is 3. The highest BCUT2D eigenvalue weighted by molar-refractivity contribution is 7.92. The van der Waals surface area contributed by atoms with Gasteiger partial charge in [0.15, 0.2) is 15.5 Å². The molecule has 0 aliphatic rings. The fourth-order valence-electron chi connectivity index (χ4n) is 2.76. The Morgan fingerprint density at radius 2 is 1.88 bits per heavy atom. The van der Waals surface area contributed by atoms with Gasteiger partial charge in [0.2, 0.25) is 0 Å². The first-order valence-corrected chi connectivity index (χ1v) is 10.7. The van der Waals surface area contributed by atoms with Gasteiger partial charge in [-0.25, -0.2) is 18.4 Å². The molecule has 4 rings (SSSR count). The minimum absolute atomic E-state index is 0. The minimum Gasteiger partial charge on any atom is -0.344 e. The van der Waals surface area contributed by atoms with Crippen molar-refractivity contribution in [2.45, 2.75) is 24.0 Å². The van der Waals surface area contributed by atoms with Crippen molar-refractivity contribution in [3.05, 3.63) is 53.5 Å². The Morgan fingerprint density at radius 3 is 2.54 bits per heavy atom. The van der Waals surface area contributed by atoms with Crippen molar-refractivity contribution in [3.8, 4) is 22.4 Å². The zero-order chi connectivity index (χ0) is 18.3. The topological polar surface area (TPSA) is 75.7 Å². The van der Waals surface area contributed by atoms with Crippen LogP contribution in [0.5, 0.6) is 0 Å². The van der Waals surface area contributed by atoms with Crippen molar-refractivity contribution >= 4 is 32.3 Å². The van der Waals surface area contributed by atoms with Gasteiger partial charge in [0, 0.05) is 18.8 Å². The molecular weight excluding hydrogens is 366 g/mol. The van der Waals surface area contributed by atoms with E-state index < -0.39 is 15.1 Å². The summed E-state index contributed by atoms with van der Waals surface area (Å²) < 4.78 is 24.5. The van der Waals surface area contributed by atoms with E-state index in [1.165, 1.54) is 0 Å². The molecule has 0 bridgehead atoms. The molecule has 0 saturated heterocycles. The van der Waals surface area contributed by atoms with E-state index in [2.05, 4.69) is 15.3 Å². The lowest BCUT2D eigenvalue weighted by molar-refractivity contribution is 0.587. The van der Waals surface area contributed by atoms with Gasteiger partial charge in [-0.1, -0.05) is 12.1 Å². The maximum Gasteiger partial charge on any atom is 0.180 e. The van der Waals surface area contributed by atoms with Crippen molar-refractivity contribution in [3.63, 3.8) is 0 Å². The van der Waals surface area contributed by atoms with Gasteiger partial charge < -0.3 is 4.98 Å². The summed E-state index contributed by atoms with van der Waals surface area (Å²) in [6, 6.07) is 8.87. The summed E-state index contributed by atoms with van der Waals surface area (Å²) in [6.45, 7) is 3.36. The van der Waals surface area contributed by atoms with E-state index in [1.807, 2.05) is 17.6 Å². The molecular formula is C19H19N3O2S2. The summed E-state index contributed by atoms with van der Waals surface area (Å²) in [6.07, 6.45) is 3.61. The molecule has 4 aromatic rings. The van der Waals surface area contributed by atoms with Crippen molar-refractivity contribution in [2.24, 2.45) is 0 Å². The smallest absolute Gasteiger partial charge is 0.180 e. The average Bonchev–Trinajstić information content (AvgIpc) is 3.30. The zero-order valence-electron chi connectivity index (χ0n) is 14.3. The maximum atomic E-state index is 12.3. The number of fused-ring (bicyclic) bond motifs is 1. The molecule has 134 valence electrons. The summed E-state index contributed by atoms with van der Waals surface area (Å²) in [5, 5.41) is 3.65. The van der Waals surface area contributed by atoms with Crippen molar-refractivity contribution in [1.29, 1.82) is 0 Å². The number of rotatable bonds is 4. The lowest BCUT2D eigenvalue weighted by atomic mass is 10.1. The Morgan fingerprint density at radius 1 is 1.12 bits per heavy atom. The summed E-state index contributed by atoms with van der Waals surface area (Å²) >= 11 is 1.63. The van der Waals surface area contributed by atoms with Crippen LogP contribution in [0.25, 0.3) is 33.5 Å². The molecule has 26 heavy (non-hydrogen) atoms. The first kappa shape index (κ1) is 16.9. The van der Waals surface area contributed by atoms with Crippen LogP contribution in [0.4, 0.5) is 0 Å². The first-order valence-electron chi connectivity index (χ1n) is 8.18. The molecule has 0 aliphatic heterocycles. The second kappa shape index (κ2) is 6.34. The van der Waals surface area contributed by atoms with E-state index in [4.69, 9.17) is 4.98 Å². The molecule has 0 spiro atoms. The summed E-state index contributed by atoms with van der Waals surface area (Å²) in [4.78, 5) is 12.7. The number of nitrogens with zero attached hydrogens (tertiary/aromatic N) is 2.